The molecule has 0 saturated carbocycles. The third-order valence-electron chi connectivity index (χ3n) is 5.71. The highest BCUT2D eigenvalue weighted by molar-refractivity contribution is 5.74. The van der Waals surface area contributed by atoms with Crippen molar-refractivity contribution in [3.05, 3.63) is 35.4 Å². The van der Waals surface area contributed by atoms with Crippen LogP contribution in [0.5, 0.6) is 0 Å². The van der Waals surface area contributed by atoms with E-state index in [1.54, 1.807) is 4.90 Å². The summed E-state index contributed by atoms with van der Waals surface area (Å²) in [7, 11) is 0. The summed E-state index contributed by atoms with van der Waals surface area (Å²) in [6, 6.07) is 8.95. The lowest BCUT2D eigenvalue weighted by Crippen LogP contribution is -2.44. The number of aliphatic hydroxyl groups excluding tert-OH is 1. The molecule has 2 saturated heterocycles. The van der Waals surface area contributed by atoms with Crippen molar-refractivity contribution in [2.24, 2.45) is 0 Å². The Morgan fingerprint density at radius 1 is 1.16 bits per heavy atom. The number of carbonyl (C=O) groups is 1. The van der Waals surface area contributed by atoms with Gasteiger partial charge in [-0.15, -0.1) is 0 Å². The molecule has 1 unspecified atom stereocenters. The van der Waals surface area contributed by atoms with Crippen LogP contribution in [0.15, 0.2) is 24.3 Å². The minimum absolute atomic E-state index is 0.0237. The predicted octanol–water partition coefficient (Wildman–Crippen LogP) is 2.73. The van der Waals surface area contributed by atoms with Crippen LogP contribution in [0.3, 0.4) is 0 Å². The number of urea groups is 1. The highest BCUT2D eigenvalue weighted by atomic mass is 16.3. The lowest BCUT2D eigenvalue weighted by atomic mass is 10.0. The van der Waals surface area contributed by atoms with Gasteiger partial charge in [-0.3, -0.25) is 4.90 Å². The molecule has 2 atom stereocenters. The van der Waals surface area contributed by atoms with Crippen molar-refractivity contribution in [1.29, 1.82) is 0 Å². The zero-order chi connectivity index (χ0) is 17.6. The van der Waals surface area contributed by atoms with E-state index in [1.165, 1.54) is 30.4 Å². The molecule has 2 N–H and O–H groups in total. The number of rotatable bonds is 5. The van der Waals surface area contributed by atoms with E-state index < -0.39 is 0 Å². The molecule has 2 aliphatic heterocycles. The Bertz CT molecular complexity index is 578. The maximum Gasteiger partial charge on any atom is 0.317 e. The van der Waals surface area contributed by atoms with Crippen LogP contribution < -0.4 is 5.32 Å². The van der Waals surface area contributed by atoms with Gasteiger partial charge in [-0.1, -0.05) is 30.7 Å². The fourth-order valence-electron chi connectivity index (χ4n) is 4.06. The molecule has 0 spiro atoms. The zero-order valence-corrected chi connectivity index (χ0v) is 15.3. The van der Waals surface area contributed by atoms with Crippen molar-refractivity contribution in [2.75, 3.05) is 19.7 Å². The zero-order valence-electron chi connectivity index (χ0n) is 15.3. The molecule has 2 fully saturated rings. The molecule has 0 bridgehead atoms. The van der Waals surface area contributed by atoms with Gasteiger partial charge in [0.05, 0.1) is 12.6 Å². The Morgan fingerprint density at radius 2 is 1.96 bits per heavy atom. The Kier molecular flexibility index (Phi) is 6.32. The van der Waals surface area contributed by atoms with E-state index in [9.17, 15) is 9.90 Å². The van der Waals surface area contributed by atoms with Crippen LogP contribution in [0.4, 0.5) is 4.79 Å². The second-order valence-electron chi connectivity index (χ2n) is 7.41. The summed E-state index contributed by atoms with van der Waals surface area (Å²) in [6.07, 6.45) is 5.75. The van der Waals surface area contributed by atoms with E-state index in [1.807, 2.05) is 6.07 Å². The molecule has 5 nitrogen and oxygen atoms in total. The van der Waals surface area contributed by atoms with Crippen LogP contribution in [0.25, 0.3) is 0 Å². The van der Waals surface area contributed by atoms with Gasteiger partial charge in [-0.2, -0.15) is 0 Å². The second kappa shape index (κ2) is 8.68. The number of carbonyl (C=O) groups excluding carboxylic acids is 1. The molecular weight excluding hydrogens is 314 g/mol. The number of hydrogen-bond acceptors (Lipinski definition) is 3. The smallest absolute Gasteiger partial charge is 0.317 e. The van der Waals surface area contributed by atoms with Crippen molar-refractivity contribution in [1.82, 2.24) is 15.1 Å². The number of nitrogens with zero attached hydrogens (tertiary/aromatic N) is 2. The van der Waals surface area contributed by atoms with Crippen LogP contribution >= 0.6 is 0 Å². The number of likely N-dealkylation sites (tertiary alicyclic amines) is 2. The van der Waals surface area contributed by atoms with Gasteiger partial charge in [0.2, 0.25) is 0 Å². The Labute approximate surface area is 151 Å². The van der Waals surface area contributed by atoms with Gasteiger partial charge in [0.25, 0.3) is 0 Å². The highest BCUT2D eigenvalue weighted by Crippen LogP contribution is 2.21. The Morgan fingerprint density at radius 3 is 2.72 bits per heavy atom. The van der Waals surface area contributed by atoms with Gasteiger partial charge >= 0.3 is 6.03 Å². The standard InChI is InChI=1S/C20H31N3O2/c1-16-7-4-5-11-22(16)14-18-9-3-2-8-17(18)13-21-20(25)23-12-6-10-19(23)15-24/h2-3,8-9,16,19,24H,4-7,10-15H2,1H3,(H,21,25)/t16?,19-/m0/s1. The second-order valence-corrected chi connectivity index (χ2v) is 7.41. The molecule has 5 heteroatoms. The first kappa shape index (κ1) is 18.2. The van der Waals surface area contributed by atoms with E-state index in [0.717, 1.165) is 32.5 Å². The molecule has 1 aromatic rings. The fraction of sp³-hybridized carbons (Fsp3) is 0.650. The SMILES string of the molecule is CC1CCCCN1Cc1ccccc1CNC(=O)N1CCC[C@H]1CO. The molecule has 3 rings (SSSR count). The van der Waals surface area contributed by atoms with Crippen molar-refractivity contribution >= 4 is 6.03 Å². The molecule has 25 heavy (non-hydrogen) atoms. The topological polar surface area (TPSA) is 55.8 Å². The summed E-state index contributed by atoms with van der Waals surface area (Å²) in [5.41, 5.74) is 2.49. The highest BCUT2D eigenvalue weighted by Gasteiger charge is 2.28. The van der Waals surface area contributed by atoms with E-state index in [2.05, 4.69) is 35.3 Å². The summed E-state index contributed by atoms with van der Waals surface area (Å²) >= 11 is 0. The van der Waals surface area contributed by atoms with Crippen LogP contribution in [-0.4, -0.2) is 52.7 Å². The summed E-state index contributed by atoms with van der Waals surface area (Å²) in [5, 5.41) is 12.4. The number of amides is 2. The van der Waals surface area contributed by atoms with Crippen molar-refractivity contribution < 1.29 is 9.90 Å². The maximum atomic E-state index is 12.4. The molecule has 0 aromatic heterocycles. The van der Waals surface area contributed by atoms with Crippen molar-refractivity contribution in [2.45, 2.75) is 64.2 Å². The van der Waals surface area contributed by atoms with Gasteiger partial charge < -0.3 is 15.3 Å². The number of benzene rings is 1. The minimum Gasteiger partial charge on any atom is -0.394 e. The number of hydrogen-bond donors (Lipinski definition) is 2. The predicted molar refractivity (Wildman–Crippen MR) is 99.2 cm³/mol. The van der Waals surface area contributed by atoms with Gasteiger partial charge in [-0.25, -0.2) is 4.79 Å². The molecule has 2 heterocycles. The lowest BCUT2D eigenvalue weighted by Gasteiger charge is -2.34. The van der Waals surface area contributed by atoms with Gasteiger partial charge in [0.15, 0.2) is 0 Å². The lowest BCUT2D eigenvalue weighted by molar-refractivity contribution is 0.151. The first-order valence-electron chi connectivity index (χ1n) is 9.65. The van der Waals surface area contributed by atoms with E-state index >= 15 is 0 Å². The Hall–Kier alpha value is -1.59. The van der Waals surface area contributed by atoms with Gasteiger partial charge in [0.1, 0.15) is 0 Å². The van der Waals surface area contributed by atoms with Gasteiger partial charge in [-0.05, 0) is 50.3 Å². The fourth-order valence-corrected chi connectivity index (χ4v) is 4.06. The molecule has 1 aromatic carbocycles. The van der Waals surface area contributed by atoms with E-state index in [-0.39, 0.29) is 18.7 Å². The molecule has 0 aliphatic carbocycles. The third-order valence-corrected chi connectivity index (χ3v) is 5.71. The van der Waals surface area contributed by atoms with E-state index in [0.29, 0.717) is 12.6 Å². The van der Waals surface area contributed by atoms with Crippen molar-refractivity contribution in [3.63, 3.8) is 0 Å². The average molecular weight is 345 g/mol. The number of nitrogens with one attached hydrogen (secondary N) is 1. The van der Waals surface area contributed by atoms with Crippen molar-refractivity contribution in [3.8, 4) is 0 Å². The largest absolute Gasteiger partial charge is 0.394 e. The van der Waals surface area contributed by atoms with Crippen LogP contribution in [0.1, 0.15) is 50.2 Å². The number of aliphatic hydroxyl groups is 1. The third kappa shape index (κ3) is 4.53. The maximum absolute atomic E-state index is 12.4. The summed E-state index contributed by atoms with van der Waals surface area (Å²) < 4.78 is 0. The molecular formula is C20H31N3O2. The summed E-state index contributed by atoms with van der Waals surface area (Å²) in [4.78, 5) is 16.8. The monoisotopic (exact) mass is 345 g/mol. The van der Waals surface area contributed by atoms with Crippen LogP contribution in [0, 0.1) is 0 Å². The van der Waals surface area contributed by atoms with Gasteiger partial charge in [0, 0.05) is 25.7 Å². The minimum atomic E-state index is -0.0577. The Balaban J connectivity index is 1.60. The summed E-state index contributed by atoms with van der Waals surface area (Å²) in [5.74, 6) is 0. The van der Waals surface area contributed by atoms with Crippen LogP contribution in [-0.2, 0) is 13.1 Å². The molecule has 2 amide bonds. The first-order chi connectivity index (χ1) is 12.2. The van der Waals surface area contributed by atoms with E-state index in [4.69, 9.17) is 0 Å². The molecule has 2 aliphatic rings. The average Bonchev–Trinajstić information content (AvgIpc) is 3.11. The normalized spacial score (nSPS) is 24.5. The van der Waals surface area contributed by atoms with Crippen LogP contribution in [0.2, 0.25) is 0 Å². The summed E-state index contributed by atoms with van der Waals surface area (Å²) in [6.45, 7) is 5.77. The molecule has 138 valence electrons. The first-order valence-corrected chi connectivity index (χ1v) is 9.65. The quantitative estimate of drug-likeness (QED) is 0.863. The molecule has 0 radical (unpaired) electrons. The number of piperidine rings is 1.